The van der Waals surface area contributed by atoms with Gasteiger partial charge in [-0.15, -0.1) is 0 Å². The van der Waals surface area contributed by atoms with E-state index in [-0.39, 0.29) is 11.7 Å². The molecule has 0 radical (unpaired) electrons. The molecule has 0 atom stereocenters. The van der Waals surface area contributed by atoms with Crippen molar-refractivity contribution in [1.82, 2.24) is 9.80 Å². The van der Waals surface area contributed by atoms with Gasteiger partial charge in [0, 0.05) is 38.3 Å². The Labute approximate surface area is 147 Å². The smallest absolute Gasteiger partial charge is 0.253 e. The van der Waals surface area contributed by atoms with E-state index in [0.717, 1.165) is 38.3 Å². The summed E-state index contributed by atoms with van der Waals surface area (Å²) in [6, 6.07) is 15.5. The molecular weight excluding hydrogens is 319 g/mol. The summed E-state index contributed by atoms with van der Waals surface area (Å²) in [5.74, 6) is 0.532. The van der Waals surface area contributed by atoms with Crippen molar-refractivity contribution in [2.24, 2.45) is 0 Å². The Balaban J connectivity index is 1.47. The molecule has 1 heterocycles. The summed E-state index contributed by atoms with van der Waals surface area (Å²) in [6.07, 6.45) is 0.929. The molecule has 25 heavy (non-hydrogen) atoms. The number of hydrogen-bond donors (Lipinski definition) is 0. The van der Waals surface area contributed by atoms with Crippen LogP contribution in [0.25, 0.3) is 0 Å². The van der Waals surface area contributed by atoms with E-state index in [0.29, 0.717) is 18.7 Å². The van der Waals surface area contributed by atoms with Gasteiger partial charge in [0.25, 0.3) is 5.91 Å². The number of amides is 1. The van der Waals surface area contributed by atoms with Gasteiger partial charge >= 0.3 is 0 Å². The average molecular weight is 342 g/mol. The maximum Gasteiger partial charge on any atom is 0.253 e. The molecule has 0 unspecified atom stereocenters. The Kier molecular flexibility index (Phi) is 6.01. The summed E-state index contributed by atoms with van der Waals surface area (Å²) in [6.45, 7) is 4.66. The van der Waals surface area contributed by atoms with Gasteiger partial charge < -0.3 is 9.64 Å². The molecule has 1 saturated heterocycles. The third kappa shape index (κ3) is 5.03. The van der Waals surface area contributed by atoms with E-state index in [9.17, 15) is 9.18 Å². The predicted molar refractivity (Wildman–Crippen MR) is 95.3 cm³/mol. The fourth-order valence-electron chi connectivity index (χ4n) is 2.98. The third-order valence-electron chi connectivity index (χ3n) is 4.39. The van der Waals surface area contributed by atoms with Gasteiger partial charge in [0.1, 0.15) is 18.2 Å². The van der Waals surface area contributed by atoms with Gasteiger partial charge in [0.2, 0.25) is 0 Å². The SMILES string of the molecule is O=C(c1ccc(F)cc1)N1CCCN(CCOc2ccccc2)CC1. The molecule has 1 fully saturated rings. The number of para-hydroxylation sites is 1. The van der Waals surface area contributed by atoms with Crippen molar-refractivity contribution in [2.75, 3.05) is 39.3 Å². The van der Waals surface area contributed by atoms with Crippen molar-refractivity contribution in [1.29, 1.82) is 0 Å². The van der Waals surface area contributed by atoms with Crippen LogP contribution in [0.2, 0.25) is 0 Å². The summed E-state index contributed by atoms with van der Waals surface area (Å²) in [7, 11) is 0. The van der Waals surface area contributed by atoms with Crippen LogP contribution in [0.15, 0.2) is 54.6 Å². The van der Waals surface area contributed by atoms with Gasteiger partial charge in [-0.1, -0.05) is 18.2 Å². The standard InChI is InChI=1S/C20H23FN2O2/c21-18-9-7-17(8-10-18)20(24)23-12-4-11-22(13-14-23)15-16-25-19-5-2-1-3-6-19/h1-3,5-10H,4,11-16H2. The van der Waals surface area contributed by atoms with Crippen LogP contribution in [0, 0.1) is 5.82 Å². The number of nitrogens with zero attached hydrogens (tertiary/aromatic N) is 2. The summed E-state index contributed by atoms with van der Waals surface area (Å²) in [5, 5.41) is 0. The number of ether oxygens (including phenoxy) is 1. The maximum atomic E-state index is 13.0. The van der Waals surface area contributed by atoms with E-state index in [4.69, 9.17) is 4.74 Å². The summed E-state index contributed by atoms with van der Waals surface area (Å²) < 4.78 is 18.8. The van der Waals surface area contributed by atoms with E-state index in [1.165, 1.54) is 12.1 Å². The zero-order chi connectivity index (χ0) is 17.5. The molecule has 0 N–H and O–H groups in total. The minimum absolute atomic E-state index is 0.0256. The van der Waals surface area contributed by atoms with E-state index in [1.807, 2.05) is 35.2 Å². The van der Waals surface area contributed by atoms with E-state index in [1.54, 1.807) is 12.1 Å². The highest BCUT2D eigenvalue weighted by molar-refractivity contribution is 5.94. The summed E-state index contributed by atoms with van der Waals surface area (Å²) in [4.78, 5) is 16.7. The lowest BCUT2D eigenvalue weighted by Crippen LogP contribution is -2.36. The molecule has 0 aromatic heterocycles. The van der Waals surface area contributed by atoms with Crippen LogP contribution in [0.1, 0.15) is 16.8 Å². The molecule has 1 amide bonds. The second kappa shape index (κ2) is 8.62. The maximum absolute atomic E-state index is 13.0. The van der Waals surface area contributed by atoms with Crippen molar-refractivity contribution in [2.45, 2.75) is 6.42 Å². The number of hydrogen-bond acceptors (Lipinski definition) is 3. The second-order valence-electron chi connectivity index (χ2n) is 6.16. The molecule has 5 heteroatoms. The molecule has 2 aromatic rings. The van der Waals surface area contributed by atoms with Crippen LogP contribution in [0.5, 0.6) is 5.75 Å². The number of carbonyl (C=O) groups excluding carboxylic acids is 1. The van der Waals surface area contributed by atoms with Gasteiger partial charge in [-0.3, -0.25) is 9.69 Å². The molecule has 132 valence electrons. The van der Waals surface area contributed by atoms with Gasteiger partial charge in [-0.25, -0.2) is 4.39 Å². The lowest BCUT2D eigenvalue weighted by Gasteiger charge is -2.22. The molecule has 4 nitrogen and oxygen atoms in total. The first-order valence-electron chi connectivity index (χ1n) is 8.67. The number of halogens is 1. The fourth-order valence-corrected chi connectivity index (χ4v) is 2.98. The van der Waals surface area contributed by atoms with Crippen LogP contribution in [-0.2, 0) is 0 Å². The molecule has 0 spiro atoms. The first-order valence-corrected chi connectivity index (χ1v) is 8.67. The van der Waals surface area contributed by atoms with E-state index in [2.05, 4.69) is 4.90 Å². The van der Waals surface area contributed by atoms with Crippen LogP contribution in [0.4, 0.5) is 4.39 Å². The van der Waals surface area contributed by atoms with Gasteiger partial charge in [-0.05, 0) is 42.8 Å². The molecule has 0 bridgehead atoms. The number of rotatable bonds is 5. The highest BCUT2D eigenvalue weighted by atomic mass is 19.1. The topological polar surface area (TPSA) is 32.8 Å². The fraction of sp³-hybridized carbons (Fsp3) is 0.350. The van der Waals surface area contributed by atoms with Gasteiger partial charge in [0.15, 0.2) is 0 Å². The molecule has 2 aromatic carbocycles. The normalized spacial score (nSPS) is 15.6. The van der Waals surface area contributed by atoms with Crippen LogP contribution < -0.4 is 4.74 Å². The van der Waals surface area contributed by atoms with Crippen LogP contribution in [-0.4, -0.2) is 55.0 Å². The minimum atomic E-state index is -0.322. The molecule has 1 aliphatic heterocycles. The zero-order valence-corrected chi connectivity index (χ0v) is 14.2. The summed E-state index contributed by atoms with van der Waals surface area (Å²) in [5.41, 5.74) is 0.544. The first-order chi connectivity index (χ1) is 12.2. The van der Waals surface area contributed by atoms with Crippen LogP contribution >= 0.6 is 0 Å². The van der Waals surface area contributed by atoms with Crippen molar-refractivity contribution in [3.63, 3.8) is 0 Å². The van der Waals surface area contributed by atoms with Crippen molar-refractivity contribution < 1.29 is 13.9 Å². The van der Waals surface area contributed by atoms with Gasteiger partial charge in [-0.2, -0.15) is 0 Å². The summed E-state index contributed by atoms with van der Waals surface area (Å²) >= 11 is 0. The highest BCUT2D eigenvalue weighted by Crippen LogP contribution is 2.11. The monoisotopic (exact) mass is 342 g/mol. The largest absolute Gasteiger partial charge is 0.492 e. The average Bonchev–Trinajstić information content (AvgIpc) is 2.88. The quantitative estimate of drug-likeness (QED) is 0.837. The Morgan fingerprint density at radius 2 is 1.72 bits per heavy atom. The predicted octanol–water partition coefficient (Wildman–Crippen LogP) is 3.05. The Bertz CT molecular complexity index is 676. The molecule has 0 aliphatic carbocycles. The van der Waals surface area contributed by atoms with Crippen molar-refractivity contribution in [3.8, 4) is 5.75 Å². The van der Waals surface area contributed by atoms with Crippen molar-refractivity contribution in [3.05, 3.63) is 66.0 Å². The third-order valence-corrected chi connectivity index (χ3v) is 4.39. The molecular formula is C20H23FN2O2. The van der Waals surface area contributed by atoms with E-state index < -0.39 is 0 Å². The van der Waals surface area contributed by atoms with E-state index >= 15 is 0 Å². The lowest BCUT2D eigenvalue weighted by atomic mass is 10.2. The molecule has 1 aliphatic rings. The second-order valence-corrected chi connectivity index (χ2v) is 6.16. The minimum Gasteiger partial charge on any atom is -0.492 e. The van der Waals surface area contributed by atoms with Gasteiger partial charge in [0.05, 0.1) is 0 Å². The Hall–Kier alpha value is -2.40. The lowest BCUT2D eigenvalue weighted by molar-refractivity contribution is 0.0760. The highest BCUT2D eigenvalue weighted by Gasteiger charge is 2.20. The zero-order valence-electron chi connectivity index (χ0n) is 14.2. The van der Waals surface area contributed by atoms with Crippen molar-refractivity contribution >= 4 is 5.91 Å². The number of carbonyl (C=O) groups is 1. The Morgan fingerprint density at radius 3 is 2.48 bits per heavy atom. The molecule has 0 saturated carbocycles. The first kappa shape index (κ1) is 17.4. The van der Waals surface area contributed by atoms with Crippen LogP contribution in [0.3, 0.4) is 0 Å². The molecule has 3 rings (SSSR count). The Morgan fingerprint density at radius 1 is 0.960 bits per heavy atom. The number of benzene rings is 2.